The SMILES string of the molecule is CNCCCC(=O)N(C)c1ccc2nc(C)[nH]c2c1. The number of rotatable bonds is 5. The highest BCUT2D eigenvalue weighted by atomic mass is 16.2. The number of carbonyl (C=O) groups excluding carboxylic acids is 1. The molecule has 0 atom stereocenters. The van der Waals surface area contributed by atoms with Gasteiger partial charge in [0.15, 0.2) is 0 Å². The van der Waals surface area contributed by atoms with Gasteiger partial charge in [-0.2, -0.15) is 0 Å². The average molecular weight is 260 g/mol. The number of anilines is 1. The lowest BCUT2D eigenvalue weighted by molar-refractivity contribution is -0.118. The van der Waals surface area contributed by atoms with Crippen LogP contribution in [0.3, 0.4) is 0 Å². The Bertz CT molecular complexity index is 576. The van der Waals surface area contributed by atoms with E-state index >= 15 is 0 Å². The fourth-order valence-corrected chi connectivity index (χ4v) is 2.06. The molecule has 1 aromatic heterocycles. The Morgan fingerprint density at radius 3 is 3.00 bits per heavy atom. The van der Waals surface area contributed by atoms with Gasteiger partial charge in [-0.3, -0.25) is 4.79 Å². The first-order chi connectivity index (χ1) is 9.11. The molecule has 0 saturated heterocycles. The molecule has 2 rings (SSSR count). The molecule has 1 aromatic carbocycles. The van der Waals surface area contributed by atoms with Crippen LogP contribution in [0.15, 0.2) is 18.2 Å². The van der Waals surface area contributed by atoms with Gasteiger partial charge in [0, 0.05) is 19.2 Å². The number of aryl methyl sites for hydroxylation is 1. The summed E-state index contributed by atoms with van der Waals surface area (Å²) in [6.07, 6.45) is 1.41. The molecule has 102 valence electrons. The minimum absolute atomic E-state index is 0.130. The topological polar surface area (TPSA) is 61.0 Å². The van der Waals surface area contributed by atoms with E-state index in [1.165, 1.54) is 0 Å². The van der Waals surface area contributed by atoms with E-state index in [-0.39, 0.29) is 5.91 Å². The maximum atomic E-state index is 12.0. The molecule has 1 heterocycles. The Hall–Kier alpha value is -1.88. The van der Waals surface area contributed by atoms with Crippen molar-refractivity contribution in [3.8, 4) is 0 Å². The van der Waals surface area contributed by atoms with Crippen molar-refractivity contribution in [1.29, 1.82) is 0 Å². The van der Waals surface area contributed by atoms with Gasteiger partial charge >= 0.3 is 0 Å². The third-order valence-corrected chi connectivity index (χ3v) is 3.16. The lowest BCUT2D eigenvalue weighted by Gasteiger charge is -2.17. The number of hydrogen-bond donors (Lipinski definition) is 2. The summed E-state index contributed by atoms with van der Waals surface area (Å²) in [4.78, 5) is 21.3. The highest BCUT2D eigenvalue weighted by Crippen LogP contribution is 2.20. The van der Waals surface area contributed by atoms with Crippen molar-refractivity contribution in [2.45, 2.75) is 19.8 Å². The van der Waals surface area contributed by atoms with Gasteiger partial charge in [-0.1, -0.05) is 0 Å². The maximum absolute atomic E-state index is 12.0. The second-order valence-electron chi connectivity index (χ2n) is 4.68. The lowest BCUT2D eigenvalue weighted by atomic mass is 10.2. The van der Waals surface area contributed by atoms with E-state index < -0.39 is 0 Å². The average Bonchev–Trinajstić information content (AvgIpc) is 2.77. The van der Waals surface area contributed by atoms with Gasteiger partial charge in [0.25, 0.3) is 0 Å². The van der Waals surface area contributed by atoms with Gasteiger partial charge in [0.2, 0.25) is 5.91 Å². The minimum atomic E-state index is 0.130. The second kappa shape index (κ2) is 5.84. The number of hydrogen-bond acceptors (Lipinski definition) is 3. The summed E-state index contributed by atoms with van der Waals surface area (Å²) in [7, 11) is 3.70. The first-order valence-corrected chi connectivity index (χ1v) is 6.49. The highest BCUT2D eigenvalue weighted by Gasteiger charge is 2.11. The Kier molecular flexibility index (Phi) is 4.16. The van der Waals surface area contributed by atoms with Crippen molar-refractivity contribution in [2.24, 2.45) is 0 Å². The normalized spacial score (nSPS) is 10.9. The number of imidazole rings is 1. The summed E-state index contributed by atoms with van der Waals surface area (Å²) in [5.74, 6) is 1.01. The van der Waals surface area contributed by atoms with Crippen LogP contribution in [0.1, 0.15) is 18.7 Å². The Morgan fingerprint density at radius 1 is 1.47 bits per heavy atom. The Morgan fingerprint density at radius 2 is 2.26 bits per heavy atom. The van der Waals surface area contributed by atoms with Gasteiger partial charge in [-0.05, 0) is 45.1 Å². The van der Waals surface area contributed by atoms with Gasteiger partial charge in [0.05, 0.1) is 11.0 Å². The highest BCUT2D eigenvalue weighted by molar-refractivity contribution is 5.94. The van der Waals surface area contributed by atoms with E-state index in [0.717, 1.165) is 35.5 Å². The summed E-state index contributed by atoms with van der Waals surface area (Å²) in [6, 6.07) is 5.83. The summed E-state index contributed by atoms with van der Waals surface area (Å²) < 4.78 is 0. The van der Waals surface area contributed by atoms with Gasteiger partial charge in [0.1, 0.15) is 5.82 Å². The Balaban J connectivity index is 2.11. The van der Waals surface area contributed by atoms with Crippen LogP contribution in [0.2, 0.25) is 0 Å². The second-order valence-corrected chi connectivity index (χ2v) is 4.68. The molecule has 0 aliphatic carbocycles. The molecular formula is C14H20N4O. The number of aromatic nitrogens is 2. The van der Waals surface area contributed by atoms with Gasteiger partial charge in [-0.15, -0.1) is 0 Å². The van der Waals surface area contributed by atoms with Crippen LogP contribution < -0.4 is 10.2 Å². The van der Waals surface area contributed by atoms with Crippen LogP contribution in [0.4, 0.5) is 5.69 Å². The molecule has 0 aliphatic rings. The molecule has 0 unspecified atom stereocenters. The van der Waals surface area contributed by atoms with Crippen LogP contribution in [-0.4, -0.2) is 36.5 Å². The van der Waals surface area contributed by atoms with Crippen LogP contribution in [-0.2, 0) is 4.79 Å². The monoisotopic (exact) mass is 260 g/mol. The molecule has 0 aliphatic heterocycles. The standard InChI is InChI=1S/C14H20N4O/c1-10-16-12-7-6-11(9-13(12)17-10)18(3)14(19)5-4-8-15-2/h6-7,9,15H,4-5,8H2,1-3H3,(H,16,17). The molecule has 0 saturated carbocycles. The smallest absolute Gasteiger partial charge is 0.226 e. The predicted octanol–water partition coefficient (Wildman–Crippen LogP) is 1.83. The largest absolute Gasteiger partial charge is 0.342 e. The van der Waals surface area contributed by atoms with Crippen molar-refractivity contribution >= 4 is 22.6 Å². The van der Waals surface area contributed by atoms with E-state index in [1.807, 2.05) is 39.2 Å². The maximum Gasteiger partial charge on any atom is 0.226 e. The fourth-order valence-electron chi connectivity index (χ4n) is 2.06. The zero-order valence-corrected chi connectivity index (χ0v) is 11.7. The number of aromatic amines is 1. The van der Waals surface area contributed by atoms with Gasteiger partial charge < -0.3 is 15.2 Å². The molecule has 5 nitrogen and oxygen atoms in total. The van der Waals surface area contributed by atoms with Crippen molar-refractivity contribution in [3.05, 3.63) is 24.0 Å². The van der Waals surface area contributed by atoms with E-state index in [4.69, 9.17) is 0 Å². The van der Waals surface area contributed by atoms with E-state index in [0.29, 0.717) is 6.42 Å². The minimum Gasteiger partial charge on any atom is -0.342 e. The molecule has 0 fully saturated rings. The molecule has 0 radical (unpaired) electrons. The number of nitrogens with zero attached hydrogens (tertiary/aromatic N) is 2. The zero-order chi connectivity index (χ0) is 13.8. The Labute approximate surface area is 113 Å². The lowest BCUT2D eigenvalue weighted by Crippen LogP contribution is -2.26. The molecule has 0 spiro atoms. The molecule has 2 N–H and O–H groups in total. The van der Waals surface area contributed by atoms with Gasteiger partial charge in [-0.25, -0.2) is 4.98 Å². The number of nitrogens with one attached hydrogen (secondary N) is 2. The van der Waals surface area contributed by atoms with E-state index in [2.05, 4.69) is 15.3 Å². The molecule has 5 heteroatoms. The third-order valence-electron chi connectivity index (χ3n) is 3.16. The van der Waals surface area contributed by atoms with E-state index in [1.54, 1.807) is 4.90 Å². The molecular weight excluding hydrogens is 240 g/mol. The third kappa shape index (κ3) is 3.12. The zero-order valence-electron chi connectivity index (χ0n) is 11.7. The van der Waals surface area contributed by atoms with Crippen LogP contribution >= 0.6 is 0 Å². The van der Waals surface area contributed by atoms with Crippen molar-refractivity contribution in [2.75, 3.05) is 25.5 Å². The fraction of sp³-hybridized carbons (Fsp3) is 0.429. The number of benzene rings is 1. The first-order valence-electron chi connectivity index (χ1n) is 6.49. The number of H-pyrrole nitrogens is 1. The van der Waals surface area contributed by atoms with Crippen LogP contribution in [0.5, 0.6) is 0 Å². The molecule has 1 amide bonds. The predicted molar refractivity (Wildman–Crippen MR) is 77.4 cm³/mol. The quantitative estimate of drug-likeness (QED) is 0.806. The summed E-state index contributed by atoms with van der Waals surface area (Å²) in [5.41, 5.74) is 2.78. The summed E-state index contributed by atoms with van der Waals surface area (Å²) in [6.45, 7) is 2.78. The van der Waals surface area contributed by atoms with Crippen molar-refractivity contribution < 1.29 is 4.79 Å². The number of amides is 1. The van der Waals surface area contributed by atoms with Crippen molar-refractivity contribution in [3.63, 3.8) is 0 Å². The van der Waals surface area contributed by atoms with Crippen LogP contribution in [0.25, 0.3) is 11.0 Å². The van der Waals surface area contributed by atoms with Crippen molar-refractivity contribution in [1.82, 2.24) is 15.3 Å². The number of fused-ring (bicyclic) bond motifs is 1. The van der Waals surface area contributed by atoms with E-state index in [9.17, 15) is 4.79 Å². The number of carbonyl (C=O) groups is 1. The molecule has 19 heavy (non-hydrogen) atoms. The molecule has 2 aromatic rings. The summed E-state index contributed by atoms with van der Waals surface area (Å²) in [5, 5.41) is 3.04. The first kappa shape index (κ1) is 13.5. The van der Waals surface area contributed by atoms with Crippen LogP contribution in [0, 0.1) is 6.92 Å². The molecule has 0 bridgehead atoms. The summed E-state index contributed by atoms with van der Waals surface area (Å²) >= 11 is 0.